The van der Waals surface area contributed by atoms with Crippen molar-refractivity contribution >= 4 is 0 Å². The number of rotatable bonds is 4. The van der Waals surface area contributed by atoms with E-state index in [0.717, 1.165) is 12.3 Å². The summed E-state index contributed by atoms with van der Waals surface area (Å²) < 4.78 is 5.32. The average Bonchev–Trinajstić information content (AvgIpc) is 3.09. The average molecular weight is 268 g/mol. The van der Waals surface area contributed by atoms with Crippen LogP contribution in [0.15, 0.2) is 0 Å². The summed E-state index contributed by atoms with van der Waals surface area (Å²) in [5, 5.41) is 17.7. The Kier molecular flexibility index (Phi) is 4.42. The minimum atomic E-state index is -0.620. The Labute approximate surface area is 116 Å². The summed E-state index contributed by atoms with van der Waals surface area (Å²) in [6.45, 7) is 3.09. The fraction of sp³-hybridized carbons (Fsp3) is 1.00. The molecule has 4 heteroatoms. The first-order valence-electron chi connectivity index (χ1n) is 8.04. The van der Waals surface area contributed by atoms with Crippen molar-refractivity contribution in [3.05, 3.63) is 0 Å². The van der Waals surface area contributed by atoms with E-state index in [2.05, 4.69) is 10.6 Å². The standard InChI is InChI=1S/C15H28N2O2/c18-15(7-9-19-11-15)10-17-14-5-2-1-4-12(14)13-6-3-8-16-13/h12-14,16-18H,1-11H2. The maximum atomic E-state index is 10.4. The van der Waals surface area contributed by atoms with Crippen molar-refractivity contribution in [3.63, 3.8) is 0 Å². The van der Waals surface area contributed by atoms with E-state index in [0.29, 0.717) is 31.8 Å². The lowest BCUT2D eigenvalue weighted by Crippen LogP contribution is -2.51. The zero-order valence-electron chi connectivity index (χ0n) is 11.9. The van der Waals surface area contributed by atoms with Crippen molar-refractivity contribution in [3.8, 4) is 0 Å². The van der Waals surface area contributed by atoms with Crippen LogP contribution in [0, 0.1) is 5.92 Å². The second-order valence-corrected chi connectivity index (χ2v) is 6.67. The summed E-state index contributed by atoms with van der Waals surface area (Å²) in [4.78, 5) is 0. The van der Waals surface area contributed by atoms with Crippen LogP contribution in [0.3, 0.4) is 0 Å². The molecule has 3 N–H and O–H groups in total. The normalized spacial score (nSPS) is 43.7. The summed E-state index contributed by atoms with van der Waals surface area (Å²) >= 11 is 0. The first kappa shape index (κ1) is 13.8. The van der Waals surface area contributed by atoms with Gasteiger partial charge in [0.1, 0.15) is 5.60 Å². The zero-order valence-corrected chi connectivity index (χ0v) is 11.9. The summed E-state index contributed by atoms with van der Waals surface area (Å²) in [6.07, 6.45) is 8.73. The van der Waals surface area contributed by atoms with E-state index in [1.165, 1.54) is 45.1 Å². The monoisotopic (exact) mass is 268 g/mol. The van der Waals surface area contributed by atoms with Gasteiger partial charge in [-0.1, -0.05) is 12.8 Å². The molecule has 4 nitrogen and oxygen atoms in total. The molecule has 3 fully saturated rings. The predicted molar refractivity (Wildman–Crippen MR) is 75.2 cm³/mol. The van der Waals surface area contributed by atoms with Crippen molar-refractivity contribution in [1.29, 1.82) is 0 Å². The topological polar surface area (TPSA) is 53.5 Å². The van der Waals surface area contributed by atoms with Gasteiger partial charge in [-0.15, -0.1) is 0 Å². The lowest BCUT2D eigenvalue weighted by atomic mass is 9.79. The van der Waals surface area contributed by atoms with Gasteiger partial charge in [0.05, 0.1) is 6.61 Å². The van der Waals surface area contributed by atoms with Crippen LogP contribution in [0.5, 0.6) is 0 Å². The summed E-state index contributed by atoms with van der Waals surface area (Å²) in [5.41, 5.74) is -0.620. The molecule has 0 spiro atoms. The SMILES string of the molecule is OC1(CNC2CCCCC2C2CCCN2)CCOC1. The Hall–Kier alpha value is -0.160. The van der Waals surface area contributed by atoms with Crippen LogP contribution in [0.4, 0.5) is 0 Å². The van der Waals surface area contributed by atoms with Crippen molar-refractivity contribution in [2.75, 3.05) is 26.3 Å². The number of aliphatic hydroxyl groups is 1. The van der Waals surface area contributed by atoms with Gasteiger partial charge in [-0.05, 0) is 38.1 Å². The molecule has 2 aliphatic heterocycles. The number of nitrogens with one attached hydrogen (secondary N) is 2. The Morgan fingerprint density at radius 1 is 1.21 bits per heavy atom. The Morgan fingerprint density at radius 2 is 2.11 bits per heavy atom. The fourth-order valence-electron chi connectivity index (χ4n) is 4.03. The molecule has 0 aromatic rings. The van der Waals surface area contributed by atoms with E-state index in [4.69, 9.17) is 4.74 Å². The summed E-state index contributed by atoms with van der Waals surface area (Å²) in [5.74, 6) is 0.752. The third kappa shape index (κ3) is 3.30. The summed E-state index contributed by atoms with van der Waals surface area (Å²) in [7, 11) is 0. The maximum absolute atomic E-state index is 10.4. The predicted octanol–water partition coefficient (Wildman–Crippen LogP) is 1.04. The van der Waals surface area contributed by atoms with Crippen LogP contribution in [0.1, 0.15) is 44.9 Å². The molecular formula is C15H28N2O2. The van der Waals surface area contributed by atoms with Gasteiger partial charge < -0.3 is 20.5 Å². The van der Waals surface area contributed by atoms with E-state index < -0.39 is 5.60 Å². The summed E-state index contributed by atoms with van der Waals surface area (Å²) in [6, 6.07) is 1.28. The van der Waals surface area contributed by atoms with E-state index in [-0.39, 0.29) is 0 Å². The molecule has 0 bridgehead atoms. The Balaban J connectivity index is 1.54. The van der Waals surface area contributed by atoms with Gasteiger partial charge in [0, 0.05) is 31.7 Å². The van der Waals surface area contributed by atoms with Crippen molar-refractivity contribution in [2.45, 2.75) is 62.6 Å². The number of ether oxygens (including phenoxy) is 1. The quantitative estimate of drug-likeness (QED) is 0.713. The van der Waals surface area contributed by atoms with E-state index >= 15 is 0 Å². The lowest BCUT2D eigenvalue weighted by Gasteiger charge is -2.37. The molecule has 0 aromatic carbocycles. The first-order chi connectivity index (χ1) is 9.27. The highest BCUT2D eigenvalue weighted by molar-refractivity contribution is 4.94. The minimum absolute atomic E-state index is 0.499. The number of hydrogen-bond acceptors (Lipinski definition) is 4. The van der Waals surface area contributed by atoms with Crippen molar-refractivity contribution in [1.82, 2.24) is 10.6 Å². The van der Waals surface area contributed by atoms with E-state index in [9.17, 15) is 5.11 Å². The molecule has 2 heterocycles. The molecule has 0 aromatic heterocycles. The zero-order chi connectivity index (χ0) is 13.1. The van der Waals surface area contributed by atoms with Crippen LogP contribution in [-0.4, -0.2) is 49.1 Å². The van der Waals surface area contributed by atoms with Crippen LogP contribution in [0.25, 0.3) is 0 Å². The second-order valence-electron chi connectivity index (χ2n) is 6.67. The van der Waals surface area contributed by atoms with Crippen LogP contribution < -0.4 is 10.6 Å². The molecule has 0 amide bonds. The fourth-order valence-corrected chi connectivity index (χ4v) is 4.03. The molecule has 3 rings (SSSR count). The lowest BCUT2D eigenvalue weighted by molar-refractivity contribution is 0.0206. The molecule has 3 aliphatic rings. The third-order valence-corrected chi connectivity index (χ3v) is 5.21. The molecule has 110 valence electrons. The molecule has 4 unspecified atom stereocenters. The molecule has 19 heavy (non-hydrogen) atoms. The molecule has 2 saturated heterocycles. The van der Waals surface area contributed by atoms with Gasteiger partial charge in [0.25, 0.3) is 0 Å². The van der Waals surface area contributed by atoms with Crippen molar-refractivity contribution < 1.29 is 9.84 Å². The van der Waals surface area contributed by atoms with Crippen LogP contribution >= 0.6 is 0 Å². The highest BCUT2D eigenvalue weighted by Gasteiger charge is 2.36. The van der Waals surface area contributed by atoms with Gasteiger partial charge in [-0.3, -0.25) is 0 Å². The third-order valence-electron chi connectivity index (χ3n) is 5.21. The first-order valence-corrected chi connectivity index (χ1v) is 8.04. The molecule has 4 atom stereocenters. The Bertz CT molecular complexity index is 286. The highest BCUT2D eigenvalue weighted by Crippen LogP contribution is 2.31. The molecular weight excluding hydrogens is 240 g/mol. The van der Waals surface area contributed by atoms with Gasteiger partial charge >= 0.3 is 0 Å². The maximum Gasteiger partial charge on any atom is 0.102 e. The minimum Gasteiger partial charge on any atom is -0.386 e. The molecule has 0 radical (unpaired) electrons. The molecule has 1 saturated carbocycles. The van der Waals surface area contributed by atoms with Gasteiger partial charge in [-0.2, -0.15) is 0 Å². The smallest absolute Gasteiger partial charge is 0.102 e. The van der Waals surface area contributed by atoms with Gasteiger partial charge in [-0.25, -0.2) is 0 Å². The van der Waals surface area contributed by atoms with Gasteiger partial charge in [0.2, 0.25) is 0 Å². The van der Waals surface area contributed by atoms with Crippen LogP contribution in [0.2, 0.25) is 0 Å². The highest BCUT2D eigenvalue weighted by atomic mass is 16.5. The van der Waals surface area contributed by atoms with E-state index in [1.54, 1.807) is 0 Å². The Morgan fingerprint density at radius 3 is 2.84 bits per heavy atom. The van der Waals surface area contributed by atoms with Crippen LogP contribution in [-0.2, 0) is 4.74 Å². The second kappa shape index (κ2) is 6.08. The van der Waals surface area contributed by atoms with E-state index in [1.807, 2.05) is 0 Å². The largest absolute Gasteiger partial charge is 0.386 e. The van der Waals surface area contributed by atoms with Gasteiger partial charge in [0.15, 0.2) is 0 Å². The van der Waals surface area contributed by atoms with Crippen molar-refractivity contribution in [2.24, 2.45) is 5.92 Å². The molecule has 1 aliphatic carbocycles. The number of hydrogen-bond donors (Lipinski definition) is 3.